The number of rotatable bonds is 6. The van der Waals surface area contributed by atoms with Gasteiger partial charge in [0.25, 0.3) is 0 Å². The van der Waals surface area contributed by atoms with Crippen molar-refractivity contribution >= 4 is 29.2 Å². The van der Waals surface area contributed by atoms with Crippen molar-refractivity contribution in [1.82, 2.24) is 0 Å². The van der Waals surface area contributed by atoms with Crippen LogP contribution >= 0.6 is 23.2 Å². The summed E-state index contributed by atoms with van der Waals surface area (Å²) in [5.74, 6) is 0.566. The van der Waals surface area contributed by atoms with Gasteiger partial charge in [0.1, 0.15) is 6.61 Å². The summed E-state index contributed by atoms with van der Waals surface area (Å²) < 4.78 is 16.0. The molecule has 0 fully saturated rings. The lowest BCUT2D eigenvalue weighted by molar-refractivity contribution is 0.0525. The van der Waals surface area contributed by atoms with E-state index in [9.17, 15) is 4.79 Å². The standard InChI is InChI=1S/C17H16Cl2O4/c1-3-22-17(20)12-5-7-15(21-2)16(9-12)23-10-11-4-6-13(18)14(19)8-11/h4-9H,3,10H2,1-2H3. The van der Waals surface area contributed by atoms with Crippen LogP contribution in [0.3, 0.4) is 0 Å². The Bertz CT molecular complexity index is 701. The predicted molar refractivity (Wildman–Crippen MR) is 89.7 cm³/mol. The smallest absolute Gasteiger partial charge is 0.338 e. The van der Waals surface area contributed by atoms with Crippen LogP contribution in [0.25, 0.3) is 0 Å². The molecule has 0 unspecified atom stereocenters. The molecule has 0 N–H and O–H groups in total. The zero-order valence-electron chi connectivity index (χ0n) is 12.8. The summed E-state index contributed by atoms with van der Waals surface area (Å²) in [6.45, 7) is 2.33. The van der Waals surface area contributed by atoms with Crippen molar-refractivity contribution in [3.05, 3.63) is 57.6 Å². The van der Waals surface area contributed by atoms with Crippen LogP contribution in [0.2, 0.25) is 10.0 Å². The molecule has 0 aromatic heterocycles. The number of halogens is 2. The number of hydrogen-bond acceptors (Lipinski definition) is 4. The lowest BCUT2D eigenvalue weighted by Gasteiger charge is -2.12. The highest BCUT2D eigenvalue weighted by Gasteiger charge is 2.12. The van der Waals surface area contributed by atoms with Crippen molar-refractivity contribution < 1.29 is 19.0 Å². The number of methoxy groups -OCH3 is 1. The number of hydrogen-bond donors (Lipinski definition) is 0. The van der Waals surface area contributed by atoms with Gasteiger partial charge >= 0.3 is 5.97 Å². The number of esters is 1. The molecule has 2 rings (SSSR count). The molecule has 0 bridgehead atoms. The number of benzene rings is 2. The molecule has 0 heterocycles. The summed E-state index contributed by atoms with van der Waals surface area (Å²) in [5.41, 5.74) is 1.25. The molecule has 0 aliphatic carbocycles. The maximum Gasteiger partial charge on any atom is 0.338 e. The summed E-state index contributed by atoms with van der Waals surface area (Å²) in [7, 11) is 1.53. The molecule has 122 valence electrons. The molecule has 0 aliphatic rings. The Morgan fingerprint density at radius 2 is 1.83 bits per heavy atom. The van der Waals surface area contributed by atoms with E-state index in [1.54, 1.807) is 37.3 Å². The van der Waals surface area contributed by atoms with Gasteiger partial charge in [-0.3, -0.25) is 0 Å². The summed E-state index contributed by atoms with van der Waals surface area (Å²) >= 11 is 11.9. The van der Waals surface area contributed by atoms with Gasteiger partial charge in [-0.15, -0.1) is 0 Å². The van der Waals surface area contributed by atoms with Crippen LogP contribution in [0.1, 0.15) is 22.8 Å². The lowest BCUT2D eigenvalue weighted by Crippen LogP contribution is -2.06. The first-order valence-corrected chi connectivity index (χ1v) is 7.72. The molecule has 0 atom stereocenters. The van der Waals surface area contributed by atoms with Crippen LogP contribution in [0.15, 0.2) is 36.4 Å². The van der Waals surface area contributed by atoms with Crippen LogP contribution in [0, 0.1) is 0 Å². The van der Waals surface area contributed by atoms with Gasteiger partial charge in [-0.1, -0.05) is 29.3 Å². The maximum atomic E-state index is 11.8. The van der Waals surface area contributed by atoms with Crippen LogP contribution in [-0.4, -0.2) is 19.7 Å². The molecule has 0 saturated heterocycles. The zero-order chi connectivity index (χ0) is 16.8. The van der Waals surface area contributed by atoms with Crippen molar-refractivity contribution in [3.63, 3.8) is 0 Å². The molecule has 0 saturated carbocycles. The summed E-state index contributed by atoms with van der Waals surface area (Å²) in [6.07, 6.45) is 0. The van der Waals surface area contributed by atoms with Gasteiger partial charge in [0, 0.05) is 0 Å². The fourth-order valence-corrected chi connectivity index (χ4v) is 2.24. The van der Waals surface area contributed by atoms with E-state index in [4.69, 9.17) is 37.4 Å². The summed E-state index contributed by atoms with van der Waals surface area (Å²) in [6, 6.07) is 10.1. The Hall–Kier alpha value is -1.91. The normalized spacial score (nSPS) is 10.3. The van der Waals surface area contributed by atoms with Gasteiger partial charge in [0.2, 0.25) is 0 Å². The molecule has 23 heavy (non-hydrogen) atoms. The largest absolute Gasteiger partial charge is 0.493 e. The van der Waals surface area contributed by atoms with E-state index in [1.807, 2.05) is 6.07 Å². The molecule has 0 radical (unpaired) electrons. The van der Waals surface area contributed by atoms with Gasteiger partial charge < -0.3 is 14.2 Å². The molecule has 4 nitrogen and oxygen atoms in total. The fraction of sp³-hybridized carbons (Fsp3) is 0.235. The maximum absolute atomic E-state index is 11.8. The average Bonchev–Trinajstić information content (AvgIpc) is 2.56. The SMILES string of the molecule is CCOC(=O)c1ccc(OC)c(OCc2ccc(Cl)c(Cl)c2)c1. The second-order valence-corrected chi connectivity index (χ2v) is 5.44. The monoisotopic (exact) mass is 354 g/mol. The first-order chi connectivity index (χ1) is 11.0. The predicted octanol–water partition coefficient (Wildman–Crippen LogP) is 4.76. The number of carbonyl (C=O) groups excluding carboxylic acids is 1. The Morgan fingerprint density at radius 3 is 2.48 bits per heavy atom. The van der Waals surface area contributed by atoms with Crippen molar-refractivity contribution in [3.8, 4) is 11.5 Å². The van der Waals surface area contributed by atoms with Crippen LogP contribution in [0.4, 0.5) is 0 Å². The minimum absolute atomic E-state index is 0.263. The van der Waals surface area contributed by atoms with E-state index in [-0.39, 0.29) is 6.61 Å². The third kappa shape index (κ3) is 4.53. The second kappa shape index (κ2) is 8.09. The molecular weight excluding hydrogens is 339 g/mol. The molecule has 0 amide bonds. The van der Waals surface area contributed by atoms with Crippen LogP contribution in [0.5, 0.6) is 11.5 Å². The van der Waals surface area contributed by atoms with Crippen LogP contribution < -0.4 is 9.47 Å². The van der Waals surface area contributed by atoms with E-state index in [0.717, 1.165) is 5.56 Å². The zero-order valence-corrected chi connectivity index (χ0v) is 14.3. The van der Waals surface area contributed by atoms with E-state index < -0.39 is 5.97 Å². The Morgan fingerprint density at radius 1 is 1.04 bits per heavy atom. The van der Waals surface area contributed by atoms with Crippen molar-refractivity contribution in [2.24, 2.45) is 0 Å². The molecule has 2 aromatic rings. The first-order valence-electron chi connectivity index (χ1n) is 6.97. The number of carbonyl (C=O) groups is 1. The quantitative estimate of drug-likeness (QED) is 0.701. The second-order valence-electron chi connectivity index (χ2n) is 4.62. The topological polar surface area (TPSA) is 44.8 Å². The van der Waals surface area contributed by atoms with E-state index in [0.29, 0.717) is 33.7 Å². The van der Waals surface area contributed by atoms with Crippen molar-refractivity contribution in [2.45, 2.75) is 13.5 Å². The highest BCUT2D eigenvalue weighted by atomic mass is 35.5. The van der Waals surface area contributed by atoms with Gasteiger partial charge in [-0.25, -0.2) is 4.79 Å². The molecule has 0 spiro atoms. The van der Waals surface area contributed by atoms with Crippen molar-refractivity contribution in [2.75, 3.05) is 13.7 Å². The molecule has 6 heteroatoms. The molecule has 2 aromatic carbocycles. The van der Waals surface area contributed by atoms with E-state index >= 15 is 0 Å². The Balaban J connectivity index is 2.18. The van der Waals surface area contributed by atoms with Gasteiger partial charge in [0.05, 0.1) is 29.3 Å². The molecule has 0 aliphatic heterocycles. The number of ether oxygens (including phenoxy) is 3. The molecular formula is C17H16Cl2O4. The Kier molecular flexibility index (Phi) is 6.13. The highest BCUT2D eigenvalue weighted by molar-refractivity contribution is 6.42. The van der Waals surface area contributed by atoms with Crippen LogP contribution in [-0.2, 0) is 11.3 Å². The third-order valence-electron chi connectivity index (χ3n) is 3.05. The van der Waals surface area contributed by atoms with Gasteiger partial charge in [-0.05, 0) is 42.8 Å². The summed E-state index contributed by atoms with van der Waals surface area (Å²) in [4.78, 5) is 11.8. The lowest BCUT2D eigenvalue weighted by atomic mass is 10.2. The van der Waals surface area contributed by atoms with E-state index in [2.05, 4.69) is 0 Å². The van der Waals surface area contributed by atoms with E-state index in [1.165, 1.54) is 7.11 Å². The van der Waals surface area contributed by atoms with Gasteiger partial charge in [-0.2, -0.15) is 0 Å². The summed E-state index contributed by atoms with van der Waals surface area (Å²) in [5, 5.41) is 0.942. The first kappa shape index (κ1) is 17.4. The third-order valence-corrected chi connectivity index (χ3v) is 3.79. The Labute approximate surface area is 144 Å². The minimum Gasteiger partial charge on any atom is -0.493 e. The fourth-order valence-electron chi connectivity index (χ4n) is 1.92. The average molecular weight is 355 g/mol. The van der Waals surface area contributed by atoms with Crippen molar-refractivity contribution in [1.29, 1.82) is 0 Å². The van der Waals surface area contributed by atoms with Gasteiger partial charge in [0.15, 0.2) is 11.5 Å². The minimum atomic E-state index is -0.408. The highest BCUT2D eigenvalue weighted by Crippen LogP contribution is 2.30.